The van der Waals surface area contributed by atoms with Crippen LogP contribution in [0.15, 0.2) is 66.7 Å². The third-order valence-corrected chi connectivity index (χ3v) is 7.28. The lowest BCUT2D eigenvalue weighted by Gasteiger charge is -2.21. The number of halogens is 3. The van der Waals surface area contributed by atoms with Gasteiger partial charge in [0.15, 0.2) is 5.82 Å². The Morgan fingerprint density at radius 2 is 1.72 bits per heavy atom. The van der Waals surface area contributed by atoms with Crippen LogP contribution in [0.25, 0.3) is 0 Å². The number of benzene rings is 3. The Labute approximate surface area is 229 Å². The molecule has 3 aromatic carbocycles. The van der Waals surface area contributed by atoms with Crippen molar-refractivity contribution in [2.45, 2.75) is 12.8 Å². The van der Waals surface area contributed by atoms with Crippen molar-refractivity contribution in [1.82, 2.24) is 14.1 Å². The first-order valence-corrected chi connectivity index (χ1v) is 13.5. The molecule has 0 fully saturated rings. The average molecular weight is 582 g/mol. The summed E-state index contributed by atoms with van der Waals surface area (Å²) in [6.07, 6.45) is 0.863. The number of hydrogen-bond acceptors (Lipinski definition) is 5. The molecule has 2 N–H and O–H groups in total. The fourth-order valence-corrected chi connectivity index (χ4v) is 5.42. The Morgan fingerprint density at radius 1 is 1.00 bits per heavy atom. The van der Waals surface area contributed by atoms with Crippen molar-refractivity contribution in [2.75, 3.05) is 10.8 Å². The van der Waals surface area contributed by atoms with E-state index in [2.05, 4.69) is 14.1 Å². The van der Waals surface area contributed by atoms with Crippen LogP contribution in [0.5, 0.6) is 0 Å². The summed E-state index contributed by atoms with van der Waals surface area (Å²) in [5, 5.41) is 4.15. The molecule has 0 aliphatic rings. The van der Waals surface area contributed by atoms with Crippen molar-refractivity contribution in [3.05, 3.63) is 104 Å². The molecule has 0 spiro atoms. The van der Waals surface area contributed by atoms with Gasteiger partial charge in [-0.05, 0) is 47.9 Å². The van der Waals surface area contributed by atoms with Gasteiger partial charge >= 0.3 is 0 Å². The van der Waals surface area contributed by atoms with E-state index in [-0.39, 0.29) is 23.6 Å². The van der Waals surface area contributed by atoms with Crippen molar-refractivity contribution < 1.29 is 13.6 Å². The molecule has 36 heavy (non-hydrogen) atoms. The van der Waals surface area contributed by atoms with Gasteiger partial charge in [-0.15, -0.1) is 0 Å². The van der Waals surface area contributed by atoms with Gasteiger partial charge in [-0.2, -0.15) is 8.75 Å². The molecule has 1 amide bonds. The van der Waals surface area contributed by atoms with Gasteiger partial charge in [-0.3, -0.25) is 9.35 Å². The van der Waals surface area contributed by atoms with Crippen LogP contribution in [0.1, 0.15) is 27.2 Å². The summed E-state index contributed by atoms with van der Waals surface area (Å²) in [6.45, 7) is 0.270. The molecule has 7 nitrogen and oxygen atoms in total. The van der Waals surface area contributed by atoms with Gasteiger partial charge < -0.3 is 5.32 Å². The predicted molar refractivity (Wildman–Crippen MR) is 146 cm³/mol. The molecule has 1 heterocycles. The molecule has 0 radical (unpaired) electrons. The second kappa shape index (κ2) is 12.1. The molecule has 0 bridgehead atoms. The molecule has 0 aliphatic carbocycles. The SMILES string of the molecule is O=C(NCCc1ccc(Cl)cc1Cl)c1cc(Cl)ccc1N(c1nsnc1Cc1ccccc1)S(=O)O. The number of nitrogens with one attached hydrogen (secondary N) is 1. The maximum Gasteiger partial charge on any atom is 0.268 e. The maximum absolute atomic E-state index is 13.2. The van der Waals surface area contributed by atoms with Crippen LogP contribution in [-0.4, -0.2) is 30.0 Å². The summed E-state index contributed by atoms with van der Waals surface area (Å²) in [5.41, 5.74) is 2.58. The summed E-state index contributed by atoms with van der Waals surface area (Å²) in [7, 11) is 0. The molecular weight excluding hydrogens is 563 g/mol. The topological polar surface area (TPSA) is 95.4 Å². The Bertz CT molecular complexity index is 1400. The van der Waals surface area contributed by atoms with Crippen molar-refractivity contribution in [2.24, 2.45) is 0 Å². The van der Waals surface area contributed by atoms with Crippen LogP contribution in [0.2, 0.25) is 15.1 Å². The van der Waals surface area contributed by atoms with Crippen molar-refractivity contribution in [1.29, 1.82) is 0 Å². The minimum Gasteiger partial charge on any atom is -0.352 e. The summed E-state index contributed by atoms with van der Waals surface area (Å²) in [4.78, 5) is 13.2. The molecule has 0 saturated carbocycles. The largest absolute Gasteiger partial charge is 0.352 e. The van der Waals surface area contributed by atoms with E-state index < -0.39 is 17.2 Å². The van der Waals surface area contributed by atoms with E-state index in [0.29, 0.717) is 33.6 Å². The highest BCUT2D eigenvalue weighted by molar-refractivity contribution is 7.81. The highest BCUT2D eigenvalue weighted by Crippen LogP contribution is 2.34. The summed E-state index contributed by atoms with van der Waals surface area (Å²) in [5.74, 6) is -0.283. The van der Waals surface area contributed by atoms with E-state index in [4.69, 9.17) is 34.8 Å². The third-order valence-electron chi connectivity index (χ3n) is 5.22. The number of carbonyl (C=O) groups excluding carboxylic acids is 1. The highest BCUT2D eigenvalue weighted by atomic mass is 35.5. The Morgan fingerprint density at radius 3 is 2.44 bits per heavy atom. The van der Waals surface area contributed by atoms with Gasteiger partial charge in [0.2, 0.25) is 0 Å². The summed E-state index contributed by atoms with van der Waals surface area (Å²) in [6, 6.07) is 19.2. The molecule has 12 heteroatoms. The Kier molecular flexibility index (Phi) is 8.95. The van der Waals surface area contributed by atoms with E-state index >= 15 is 0 Å². The van der Waals surface area contributed by atoms with Crippen LogP contribution in [0, 0.1) is 0 Å². The van der Waals surface area contributed by atoms with Crippen LogP contribution >= 0.6 is 46.5 Å². The number of amides is 1. The second-order valence-corrected chi connectivity index (χ2v) is 10.3. The molecule has 4 rings (SSSR count). The minimum absolute atomic E-state index is 0.116. The predicted octanol–water partition coefficient (Wildman–Crippen LogP) is 6.34. The van der Waals surface area contributed by atoms with E-state index in [1.807, 2.05) is 30.3 Å². The van der Waals surface area contributed by atoms with Gasteiger partial charge in [0.1, 0.15) is 5.69 Å². The standard InChI is InChI=1S/C24H19Cl3N4O3S2/c25-17-8-9-22(19(13-17)24(32)28-11-10-16-6-7-18(26)14-20(16)27)31(36(33)34)23-21(29-35-30-23)12-15-4-2-1-3-5-15/h1-9,13-14H,10-12H2,(H,28,32)(H,33,34). The van der Waals surface area contributed by atoms with Crippen LogP contribution < -0.4 is 9.62 Å². The first-order valence-electron chi connectivity index (χ1n) is 10.6. The van der Waals surface area contributed by atoms with E-state index in [0.717, 1.165) is 27.2 Å². The maximum atomic E-state index is 13.2. The number of aromatic nitrogens is 2. The minimum atomic E-state index is -2.54. The lowest BCUT2D eigenvalue weighted by molar-refractivity contribution is 0.0955. The highest BCUT2D eigenvalue weighted by Gasteiger charge is 2.27. The lowest BCUT2D eigenvalue weighted by Crippen LogP contribution is -2.29. The molecule has 0 saturated heterocycles. The smallest absolute Gasteiger partial charge is 0.268 e. The van der Waals surface area contributed by atoms with E-state index in [1.165, 1.54) is 18.2 Å². The van der Waals surface area contributed by atoms with Gasteiger partial charge in [0, 0.05) is 28.0 Å². The zero-order chi connectivity index (χ0) is 25.7. The van der Waals surface area contributed by atoms with Crippen molar-refractivity contribution >= 4 is 75.2 Å². The fourth-order valence-electron chi connectivity index (χ4n) is 3.53. The molecule has 186 valence electrons. The van der Waals surface area contributed by atoms with Gasteiger partial charge in [0.25, 0.3) is 17.2 Å². The Hall–Kier alpha value is -2.53. The molecule has 4 aromatic rings. The Balaban J connectivity index is 1.60. The van der Waals surface area contributed by atoms with Crippen molar-refractivity contribution in [3.63, 3.8) is 0 Å². The van der Waals surface area contributed by atoms with E-state index in [9.17, 15) is 13.6 Å². The van der Waals surface area contributed by atoms with Gasteiger partial charge in [-0.1, -0.05) is 71.2 Å². The summed E-state index contributed by atoms with van der Waals surface area (Å²) < 4.78 is 32.4. The monoisotopic (exact) mass is 580 g/mol. The average Bonchev–Trinajstić information content (AvgIpc) is 3.29. The first kappa shape index (κ1) is 26.5. The quantitative estimate of drug-likeness (QED) is 0.225. The number of nitrogens with zero attached hydrogens (tertiary/aromatic N) is 3. The number of rotatable bonds is 9. The molecule has 1 unspecified atom stereocenters. The zero-order valence-corrected chi connectivity index (χ0v) is 22.4. The molecule has 1 atom stereocenters. The fraction of sp³-hybridized carbons (Fsp3) is 0.125. The molecular formula is C24H19Cl3N4O3S2. The van der Waals surface area contributed by atoms with Crippen molar-refractivity contribution in [3.8, 4) is 0 Å². The molecule has 1 aromatic heterocycles. The normalized spacial score (nSPS) is 11.8. The number of hydrogen-bond donors (Lipinski definition) is 2. The second-order valence-electron chi connectivity index (χ2n) is 7.63. The van der Waals surface area contributed by atoms with Gasteiger partial charge in [-0.25, -0.2) is 8.51 Å². The van der Waals surface area contributed by atoms with Crippen LogP contribution in [-0.2, 0) is 24.1 Å². The van der Waals surface area contributed by atoms with Crippen LogP contribution in [0.3, 0.4) is 0 Å². The summed E-state index contributed by atoms with van der Waals surface area (Å²) >= 11 is 16.7. The number of carbonyl (C=O) groups is 1. The van der Waals surface area contributed by atoms with E-state index in [1.54, 1.807) is 18.2 Å². The van der Waals surface area contributed by atoms with Gasteiger partial charge in [0.05, 0.1) is 23.0 Å². The lowest BCUT2D eigenvalue weighted by atomic mass is 10.1. The first-order chi connectivity index (χ1) is 17.3. The number of anilines is 2. The zero-order valence-electron chi connectivity index (χ0n) is 18.5. The molecule has 0 aliphatic heterocycles. The van der Waals surface area contributed by atoms with Crippen LogP contribution in [0.4, 0.5) is 11.5 Å². The third kappa shape index (κ3) is 6.42.